The molecule has 0 saturated carbocycles. The zero-order valence-corrected chi connectivity index (χ0v) is 15.5. The first-order valence-electron chi connectivity index (χ1n) is 9.05. The molecule has 0 bridgehead atoms. The van der Waals surface area contributed by atoms with E-state index in [1.807, 2.05) is 0 Å². The van der Waals surface area contributed by atoms with Gasteiger partial charge in [0.2, 0.25) is 0 Å². The van der Waals surface area contributed by atoms with Crippen molar-refractivity contribution in [3.63, 3.8) is 0 Å². The van der Waals surface area contributed by atoms with Crippen LogP contribution in [0.25, 0.3) is 5.57 Å². The zero-order chi connectivity index (χ0) is 17.5. The fourth-order valence-electron chi connectivity index (χ4n) is 3.38. The second kappa shape index (κ2) is 8.68. The van der Waals surface area contributed by atoms with Crippen molar-refractivity contribution in [2.45, 2.75) is 52.9 Å². The Labute approximate surface area is 148 Å². The number of aryl methyl sites for hydroxylation is 1. The highest BCUT2D eigenvalue weighted by molar-refractivity contribution is 5.76. The van der Waals surface area contributed by atoms with Crippen LogP contribution < -0.4 is 0 Å². The van der Waals surface area contributed by atoms with Crippen LogP contribution in [0.4, 0.5) is 0 Å². The lowest BCUT2D eigenvalue weighted by Crippen LogP contribution is -1.90. The van der Waals surface area contributed by atoms with Crippen molar-refractivity contribution >= 4 is 5.57 Å². The maximum absolute atomic E-state index is 4.11. The average Bonchev–Trinajstić information content (AvgIpc) is 3.04. The molecule has 0 amide bonds. The molecule has 126 valence electrons. The Morgan fingerprint density at radius 1 is 1.17 bits per heavy atom. The molecule has 0 heteroatoms. The van der Waals surface area contributed by atoms with Crippen molar-refractivity contribution in [1.29, 1.82) is 0 Å². The number of benzene rings is 1. The van der Waals surface area contributed by atoms with Gasteiger partial charge in [-0.05, 0) is 78.5 Å². The lowest BCUT2D eigenvalue weighted by atomic mass is 9.94. The van der Waals surface area contributed by atoms with Gasteiger partial charge in [0.15, 0.2) is 0 Å². The average molecular weight is 319 g/mol. The van der Waals surface area contributed by atoms with Gasteiger partial charge in [-0.2, -0.15) is 0 Å². The zero-order valence-electron chi connectivity index (χ0n) is 15.5. The second-order valence-electron chi connectivity index (χ2n) is 6.71. The highest BCUT2D eigenvalue weighted by atomic mass is 14.2. The van der Waals surface area contributed by atoms with Gasteiger partial charge in [-0.15, -0.1) is 0 Å². The molecular weight excluding hydrogens is 288 g/mol. The Bertz CT molecular complexity index is 707. The summed E-state index contributed by atoms with van der Waals surface area (Å²) in [6.07, 6.45) is 12.2. The quantitative estimate of drug-likeness (QED) is 0.461. The van der Waals surface area contributed by atoms with Crippen molar-refractivity contribution in [2.75, 3.05) is 0 Å². The minimum atomic E-state index is 1.02. The fourth-order valence-corrected chi connectivity index (χ4v) is 3.38. The molecule has 0 heterocycles. The minimum absolute atomic E-state index is 1.02. The summed E-state index contributed by atoms with van der Waals surface area (Å²) in [5, 5.41) is 0. The third kappa shape index (κ3) is 4.47. The van der Waals surface area contributed by atoms with Crippen LogP contribution in [0.3, 0.4) is 0 Å². The largest absolute Gasteiger partial charge is 0.0953 e. The summed E-state index contributed by atoms with van der Waals surface area (Å²) < 4.78 is 0. The fraction of sp³-hybridized carbons (Fsp3) is 0.333. The third-order valence-corrected chi connectivity index (χ3v) is 4.81. The van der Waals surface area contributed by atoms with Crippen molar-refractivity contribution in [1.82, 2.24) is 0 Å². The summed E-state index contributed by atoms with van der Waals surface area (Å²) >= 11 is 0. The van der Waals surface area contributed by atoms with E-state index in [4.69, 9.17) is 0 Å². The standard InChI is InChI=1S/C24H30/c1-6-11-18(2)19(3)13-9-14-21(5)23-16-10-17-24(23)22-15-8-7-12-20(22)4/h7-9,12-15H,2-3,6,10-11,16-17H2,1,4-5H3/b13-9-,21-14+. The molecule has 2 rings (SSSR count). The predicted molar refractivity (Wildman–Crippen MR) is 108 cm³/mol. The van der Waals surface area contributed by atoms with Gasteiger partial charge in [0.1, 0.15) is 0 Å². The normalized spacial score (nSPS) is 15.4. The number of allylic oxidation sites excluding steroid dienone is 8. The van der Waals surface area contributed by atoms with Crippen LogP contribution in [0, 0.1) is 6.92 Å². The van der Waals surface area contributed by atoms with Crippen LogP contribution >= 0.6 is 0 Å². The minimum Gasteiger partial charge on any atom is -0.0953 e. The highest BCUT2D eigenvalue weighted by Crippen LogP contribution is 2.38. The van der Waals surface area contributed by atoms with Crippen molar-refractivity contribution in [3.8, 4) is 0 Å². The van der Waals surface area contributed by atoms with Gasteiger partial charge in [-0.1, -0.05) is 69.0 Å². The van der Waals surface area contributed by atoms with E-state index < -0.39 is 0 Å². The smallest absolute Gasteiger partial charge is 0.0192 e. The second-order valence-corrected chi connectivity index (χ2v) is 6.71. The van der Waals surface area contributed by atoms with Crippen molar-refractivity contribution < 1.29 is 0 Å². The van der Waals surface area contributed by atoms with E-state index in [-0.39, 0.29) is 0 Å². The van der Waals surface area contributed by atoms with Crippen molar-refractivity contribution in [3.05, 3.63) is 89.1 Å². The molecule has 1 aromatic carbocycles. The summed E-state index contributed by atoms with van der Waals surface area (Å²) in [7, 11) is 0. The molecule has 0 N–H and O–H groups in total. The Hall–Kier alpha value is -2.08. The lowest BCUT2D eigenvalue weighted by Gasteiger charge is -2.11. The van der Waals surface area contributed by atoms with Gasteiger partial charge in [-0.3, -0.25) is 0 Å². The van der Waals surface area contributed by atoms with Gasteiger partial charge in [0.25, 0.3) is 0 Å². The molecule has 0 fully saturated rings. The Morgan fingerprint density at radius 3 is 2.62 bits per heavy atom. The summed E-state index contributed by atoms with van der Waals surface area (Å²) in [4.78, 5) is 0. The maximum atomic E-state index is 4.11. The van der Waals surface area contributed by atoms with Crippen molar-refractivity contribution in [2.24, 2.45) is 0 Å². The maximum Gasteiger partial charge on any atom is -0.0192 e. The molecule has 1 aliphatic carbocycles. The first-order chi connectivity index (χ1) is 11.5. The van der Waals surface area contributed by atoms with Crippen LogP contribution in [0.1, 0.15) is 57.1 Å². The van der Waals surface area contributed by atoms with E-state index in [1.165, 1.54) is 47.1 Å². The summed E-state index contributed by atoms with van der Waals surface area (Å²) in [6, 6.07) is 8.73. The van der Waals surface area contributed by atoms with Crippen LogP contribution in [0.5, 0.6) is 0 Å². The molecule has 1 aliphatic rings. The third-order valence-electron chi connectivity index (χ3n) is 4.81. The van der Waals surface area contributed by atoms with Crippen LogP contribution in [0.15, 0.2) is 77.9 Å². The van der Waals surface area contributed by atoms with E-state index >= 15 is 0 Å². The molecule has 0 radical (unpaired) electrons. The molecule has 0 aromatic heterocycles. The highest BCUT2D eigenvalue weighted by Gasteiger charge is 2.17. The molecule has 24 heavy (non-hydrogen) atoms. The Balaban J connectivity index is 2.20. The Morgan fingerprint density at radius 2 is 1.92 bits per heavy atom. The molecule has 0 atom stereocenters. The lowest BCUT2D eigenvalue weighted by molar-refractivity contribution is 0.913. The first-order valence-corrected chi connectivity index (χ1v) is 9.05. The molecule has 0 nitrogen and oxygen atoms in total. The number of hydrogen-bond donors (Lipinski definition) is 0. The van der Waals surface area contributed by atoms with Crippen LogP contribution in [0.2, 0.25) is 0 Å². The molecular formula is C24H30. The van der Waals surface area contributed by atoms with E-state index in [0.29, 0.717) is 0 Å². The summed E-state index contributed by atoms with van der Waals surface area (Å²) in [5.74, 6) is 0. The van der Waals surface area contributed by atoms with Crippen LogP contribution in [-0.2, 0) is 0 Å². The van der Waals surface area contributed by atoms with E-state index in [0.717, 1.165) is 24.0 Å². The SMILES string of the molecule is C=C(/C=C\C=C(/C)C1=C(c2ccccc2C)CCC1)C(=C)CCC. The number of rotatable bonds is 7. The predicted octanol–water partition coefficient (Wildman–Crippen LogP) is 7.35. The van der Waals surface area contributed by atoms with Gasteiger partial charge >= 0.3 is 0 Å². The summed E-state index contributed by atoms with van der Waals surface area (Å²) in [5.41, 5.74) is 9.40. The first kappa shape index (κ1) is 18.3. The topological polar surface area (TPSA) is 0 Å². The van der Waals surface area contributed by atoms with Gasteiger partial charge in [0.05, 0.1) is 0 Å². The van der Waals surface area contributed by atoms with Crippen LogP contribution in [-0.4, -0.2) is 0 Å². The number of hydrogen-bond acceptors (Lipinski definition) is 0. The van der Waals surface area contributed by atoms with E-state index in [2.05, 4.69) is 76.4 Å². The molecule has 0 unspecified atom stereocenters. The van der Waals surface area contributed by atoms with Gasteiger partial charge < -0.3 is 0 Å². The van der Waals surface area contributed by atoms with Gasteiger partial charge in [-0.25, -0.2) is 0 Å². The van der Waals surface area contributed by atoms with Gasteiger partial charge in [0, 0.05) is 0 Å². The molecule has 1 aromatic rings. The molecule has 0 spiro atoms. The molecule has 0 aliphatic heterocycles. The van der Waals surface area contributed by atoms with E-state index in [1.54, 1.807) is 0 Å². The van der Waals surface area contributed by atoms with E-state index in [9.17, 15) is 0 Å². The summed E-state index contributed by atoms with van der Waals surface area (Å²) in [6.45, 7) is 14.8. The molecule has 0 saturated heterocycles. The Kier molecular flexibility index (Phi) is 6.61. The monoisotopic (exact) mass is 318 g/mol.